The van der Waals surface area contributed by atoms with Crippen LogP contribution in [0.3, 0.4) is 0 Å². The number of hydrogen-bond donors (Lipinski definition) is 2. The quantitative estimate of drug-likeness (QED) is 0.900. The van der Waals surface area contributed by atoms with Crippen molar-refractivity contribution in [3.63, 3.8) is 0 Å². The molecule has 0 radical (unpaired) electrons. The normalized spacial score (nSPS) is 10.1. The summed E-state index contributed by atoms with van der Waals surface area (Å²) < 4.78 is 10.4. The van der Waals surface area contributed by atoms with E-state index in [9.17, 15) is 0 Å². The number of rotatable bonds is 4. The molecule has 0 aliphatic rings. The minimum absolute atomic E-state index is 0.463. The molecular formula is C13H14ClN3O2. The van der Waals surface area contributed by atoms with Crippen LogP contribution in [0.5, 0.6) is 11.5 Å². The Kier molecular flexibility index (Phi) is 3.97. The van der Waals surface area contributed by atoms with E-state index in [1.54, 1.807) is 38.6 Å². The maximum atomic E-state index is 6.09. The third-order valence-electron chi connectivity index (χ3n) is 2.54. The standard InChI is InChI=1S/C13H14ClN3O2/c1-18-11-6-12(19-2)10(5-9(11)14)17-8-3-4-13(15)16-7-8/h3-7,17H,1-2H3,(H2,15,16). The second-order valence-electron chi connectivity index (χ2n) is 3.78. The summed E-state index contributed by atoms with van der Waals surface area (Å²) >= 11 is 6.09. The summed E-state index contributed by atoms with van der Waals surface area (Å²) in [7, 11) is 3.13. The number of hydrogen-bond acceptors (Lipinski definition) is 5. The lowest BCUT2D eigenvalue weighted by molar-refractivity contribution is 0.396. The molecule has 2 rings (SSSR count). The van der Waals surface area contributed by atoms with Crippen molar-refractivity contribution in [2.45, 2.75) is 0 Å². The van der Waals surface area contributed by atoms with E-state index in [0.29, 0.717) is 22.3 Å². The van der Waals surface area contributed by atoms with Gasteiger partial charge in [-0.25, -0.2) is 4.98 Å². The van der Waals surface area contributed by atoms with Gasteiger partial charge >= 0.3 is 0 Å². The highest BCUT2D eigenvalue weighted by molar-refractivity contribution is 6.32. The zero-order valence-corrected chi connectivity index (χ0v) is 11.4. The molecule has 1 aromatic carbocycles. The van der Waals surface area contributed by atoms with E-state index in [4.69, 9.17) is 26.8 Å². The minimum atomic E-state index is 0.463. The molecule has 1 heterocycles. The fraction of sp³-hybridized carbons (Fsp3) is 0.154. The Morgan fingerprint density at radius 2 is 1.89 bits per heavy atom. The van der Waals surface area contributed by atoms with Gasteiger partial charge in [0, 0.05) is 6.07 Å². The number of pyridine rings is 1. The Balaban J connectivity index is 2.33. The smallest absolute Gasteiger partial charge is 0.146 e. The molecule has 0 amide bonds. The fourth-order valence-corrected chi connectivity index (χ4v) is 1.83. The van der Waals surface area contributed by atoms with Crippen molar-refractivity contribution in [2.24, 2.45) is 0 Å². The molecule has 0 saturated carbocycles. The third kappa shape index (κ3) is 3.00. The zero-order valence-electron chi connectivity index (χ0n) is 10.6. The van der Waals surface area contributed by atoms with Crippen molar-refractivity contribution in [3.05, 3.63) is 35.5 Å². The number of aromatic nitrogens is 1. The molecule has 6 heteroatoms. The molecule has 0 atom stereocenters. The summed E-state index contributed by atoms with van der Waals surface area (Å²) in [6.45, 7) is 0. The fourth-order valence-electron chi connectivity index (χ4n) is 1.59. The molecule has 0 aliphatic heterocycles. The van der Waals surface area contributed by atoms with Gasteiger partial charge in [0.15, 0.2) is 0 Å². The third-order valence-corrected chi connectivity index (χ3v) is 2.83. The topological polar surface area (TPSA) is 69.4 Å². The van der Waals surface area contributed by atoms with Gasteiger partial charge in [-0.1, -0.05) is 11.6 Å². The largest absolute Gasteiger partial charge is 0.495 e. The van der Waals surface area contributed by atoms with E-state index in [1.165, 1.54) is 0 Å². The van der Waals surface area contributed by atoms with Crippen molar-refractivity contribution in [2.75, 3.05) is 25.3 Å². The molecule has 100 valence electrons. The van der Waals surface area contributed by atoms with E-state index in [0.717, 1.165) is 11.4 Å². The van der Waals surface area contributed by atoms with Crippen LogP contribution < -0.4 is 20.5 Å². The van der Waals surface area contributed by atoms with Gasteiger partial charge in [-0.15, -0.1) is 0 Å². The van der Waals surface area contributed by atoms with Crippen LogP contribution in [-0.4, -0.2) is 19.2 Å². The molecule has 5 nitrogen and oxygen atoms in total. The van der Waals surface area contributed by atoms with E-state index in [2.05, 4.69) is 10.3 Å². The molecule has 0 unspecified atom stereocenters. The van der Waals surface area contributed by atoms with Gasteiger partial charge in [-0.3, -0.25) is 0 Å². The lowest BCUT2D eigenvalue weighted by Gasteiger charge is -2.13. The van der Waals surface area contributed by atoms with Crippen molar-refractivity contribution in [1.82, 2.24) is 4.98 Å². The number of anilines is 3. The summed E-state index contributed by atoms with van der Waals surface area (Å²) in [6, 6.07) is 6.98. The Bertz CT molecular complexity index is 573. The van der Waals surface area contributed by atoms with Crippen molar-refractivity contribution in [3.8, 4) is 11.5 Å². The van der Waals surface area contributed by atoms with Crippen LogP contribution in [0.4, 0.5) is 17.2 Å². The lowest BCUT2D eigenvalue weighted by Crippen LogP contribution is -1.97. The Hall–Kier alpha value is -2.14. The molecule has 2 aromatic rings. The molecule has 0 saturated heterocycles. The predicted octanol–water partition coefficient (Wildman–Crippen LogP) is 3.08. The first-order valence-electron chi connectivity index (χ1n) is 5.54. The minimum Gasteiger partial charge on any atom is -0.495 e. The van der Waals surface area contributed by atoms with Crippen molar-refractivity contribution in [1.29, 1.82) is 0 Å². The second kappa shape index (κ2) is 5.67. The van der Waals surface area contributed by atoms with Crippen LogP contribution in [0.1, 0.15) is 0 Å². The molecule has 0 bridgehead atoms. The summed E-state index contributed by atoms with van der Waals surface area (Å²) in [5.74, 6) is 1.64. The average Bonchev–Trinajstić information content (AvgIpc) is 2.42. The highest BCUT2D eigenvalue weighted by Gasteiger charge is 2.10. The molecule has 0 fully saturated rings. The predicted molar refractivity (Wildman–Crippen MR) is 76.5 cm³/mol. The summed E-state index contributed by atoms with van der Waals surface area (Å²) in [6.07, 6.45) is 1.63. The summed E-state index contributed by atoms with van der Waals surface area (Å²) in [4.78, 5) is 4.00. The maximum absolute atomic E-state index is 6.09. The Labute approximate surface area is 116 Å². The number of nitrogens with zero attached hydrogens (tertiary/aromatic N) is 1. The van der Waals surface area contributed by atoms with Crippen LogP contribution in [-0.2, 0) is 0 Å². The van der Waals surface area contributed by atoms with Crippen LogP contribution >= 0.6 is 11.6 Å². The highest BCUT2D eigenvalue weighted by atomic mass is 35.5. The first kappa shape index (κ1) is 13.3. The number of benzene rings is 1. The van der Waals surface area contributed by atoms with E-state index in [1.807, 2.05) is 6.07 Å². The van der Waals surface area contributed by atoms with Gasteiger partial charge < -0.3 is 20.5 Å². The van der Waals surface area contributed by atoms with Crippen LogP contribution in [0.15, 0.2) is 30.5 Å². The summed E-state index contributed by atoms with van der Waals surface area (Å²) in [5.41, 5.74) is 7.04. The number of nitrogens with two attached hydrogens (primary N) is 1. The molecule has 3 N–H and O–H groups in total. The number of halogens is 1. The lowest BCUT2D eigenvalue weighted by atomic mass is 10.2. The number of ether oxygens (including phenoxy) is 2. The van der Waals surface area contributed by atoms with Crippen LogP contribution in [0, 0.1) is 0 Å². The van der Waals surface area contributed by atoms with Crippen LogP contribution in [0.25, 0.3) is 0 Å². The molecule has 0 spiro atoms. The molecular weight excluding hydrogens is 266 g/mol. The maximum Gasteiger partial charge on any atom is 0.146 e. The Morgan fingerprint density at radius 3 is 2.47 bits per heavy atom. The van der Waals surface area contributed by atoms with E-state index in [-0.39, 0.29) is 0 Å². The van der Waals surface area contributed by atoms with Crippen molar-refractivity contribution < 1.29 is 9.47 Å². The van der Waals surface area contributed by atoms with Gasteiger partial charge in [0.25, 0.3) is 0 Å². The van der Waals surface area contributed by atoms with Gasteiger partial charge in [0.1, 0.15) is 17.3 Å². The van der Waals surface area contributed by atoms with Gasteiger partial charge in [0.2, 0.25) is 0 Å². The van der Waals surface area contributed by atoms with Gasteiger partial charge in [-0.2, -0.15) is 0 Å². The Morgan fingerprint density at radius 1 is 1.16 bits per heavy atom. The van der Waals surface area contributed by atoms with Gasteiger partial charge in [-0.05, 0) is 18.2 Å². The monoisotopic (exact) mass is 279 g/mol. The first-order valence-corrected chi connectivity index (χ1v) is 5.92. The average molecular weight is 280 g/mol. The molecule has 19 heavy (non-hydrogen) atoms. The van der Waals surface area contributed by atoms with Gasteiger partial charge in [0.05, 0.1) is 36.8 Å². The number of methoxy groups -OCH3 is 2. The summed E-state index contributed by atoms with van der Waals surface area (Å²) in [5, 5.41) is 3.65. The molecule has 1 aromatic heterocycles. The molecule has 0 aliphatic carbocycles. The van der Waals surface area contributed by atoms with Crippen molar-refractivity contribution >= 4 is 28.8 Å². The number of nitrogens with one attached hydrogen (secondary N) is 1. The number of nitrogen functional groups attached to an aromatic ring is 1. The first-order chi connectivity index (χ1) is 9.13. The van der Waals surface area contributed by atoms with E-state index >= 15 is 0 Å². The second-order valence-corrected chi connectivity index (χ2v) is 4.19. The van der Waals surface area contributed by atoms with Crippen LogP contribution in [0.2, 0.25) is 5.02 Å². The van der Waals surface area contributed by atoms with E-state index < -0.39 is 0 Å². The SMILES string of the molecule is COc1cc(OC)c(Nc2ccc(N)nc2)cc1Cl. The highest BCUT2D eigenvalue weighted by Crippen LogP contribution is 2.37. The zero-order chi connectivity index (χ0) is 13.8.